The summed E-state index contributed by atoms with van der Waals surface area (Å²) in [4.78, 5) is 16.9. The first-order valence-corrected chi connectivity index (χ1v) is 9.72. The lowest BCUT2D eigenvalue weighted by Crippen LogP contribution is -2.56. The molecular weight excluding hydrogens is 310 g/mol. The topological polar surface area (TPSA) is 49.6 Å². The van der Waals surface area contributed by atoms with Crippen LogP contribution in [0.3, 0.4) is 0 Å². The molecule has 1 aromatic rings. The van der Waals surface area contributed by atoms with Crippen LogP contribution in [0.4, 0.5) is 5.69 Å². The average Bonchev–Trinajstić information content (AvgIpc) is 2.55. The van der Waals surface area contributed by atoms with Gasteiger partial charge < -0.3 is 10.6 Å². The van der Waals surface area contributed by atoms with E-state index >= 15 is 0 Å². The van der Waals surface area contributed by atoms with Crippen LogP contribution >= 0.6 is 0 Å². The molecule has 0 radical (unpaired) electrons. The third kappa shape index (κ3) is 4.97. The van der Waals surface area contributed by atoms with E-state index in [1.54, 1.807) is 0 Å². The van der Waals surface area contributed by atoms with Crippen molar-refractivity contribution in [2.75, 3.05) is 18.0 Å². The molecule has 1 aliphatic heterocycles. The fourth-order valence-electron chi connectivity index (χ4n) is 4.41. The summed E-state index contributed by atoms with van der Waals surface area (Å²) >= 11 is 0. The fourth-order valence-corrected chi connectivity index (χ4v) is 4.41. The minimum atomic E-state index is -0.191. The fraction of sp³-hybridized carbons (Fsp3) is 0.667. The smallest absolute Gasteiger partial charge is 0.219 e. The molecule has 1 aliphatic rings. The van der Waals surface area contributed by atoms with Crippen LogP contribution < -0.4 is 10.6 Å². The van der Waals surface area contributed by atoms with E-state index in [0.29, 0.717) is 18.5 Å². The van der Waals surface area contributed by atoms with Gasteiger partial charge in [-0.25, -0.2) is 0 Å². The van der Waals surface area contributed by atoms with Gasteiger partial charge in [-0.2, -0.15) is 0 Å². The van der Waals surface area contributed by atoms with Crippen molar-refractivity contribution in [2.24, 2.45) is 5.73 Å². The molecule has 25 heavy (non-hydrogen) atoms. The Kier molecular flexibility index (Phi) is 6.88. The highest BCUT2D eigenvalue weighted by atomic mass is 16.1. The minimum absolute atomic E-state index is 0.159. The second kappa shape index (κ2) is 8.70. The number of amides is 1. The predicted molar refractivity (Wildman–Crippen MR) is 106 cm³/mol. The summed E-state index contributed by atoms with van der Waals surface area (Å²) < 4.78 is 0. The molecule has 0 spiro atoms. The number of carbonyl (C=O) groups is 1. The molecule has 0 saturated carbocycles. The van der Waals surface area contributed by atoms with Crippen molar-refractivity contribution in [2.45, 2.75) is 77.4 Å². The standard InChI is InChI=1S/C21H35N3O/c1-17(2)23(18(3)4)15-13-21(16-20(22)25)12-8-9-14-24(21)19-10-6-5-7-11-19/h5-7,10-11,17-18H,8-9,12-16H2,1-4H3,(H2,22,25). The number of piperidine rings is 1. The second-order valence-electron chi connectivity index (χ2n) is 7.99. The number of carbonyl (C=O) groups excluding carboxylic acids is 1. The zero-order chi connectivity index (χ0) is 18.4. The maximum Gasteiger partial charge on any atom is 0.219 e. The largest absolute Gasteiger partial charge is 0.370 e. The van der Waals surface area contributed by atoms with E-state index < -0.39 is 0 Å². The summed E-state index contributed by atoms with van der Waals surface area (Å²) in [5.74, 6) is -0.191. The van der Waals surface area contributed by atoms with Gasteiger partial charge in [0, 0.05) is 37.3 Å². The molecule has 1 heterocycles. The molecule has 2 rings (SSSR count). The van der Waals surface area contributed by atoms with Crippen LogP contribution in [0.15, 0.2) is 30.3 Å². The monoisotopic (exact) mass is 345 g/mol. The SMILES string of the molecule is CC(C)N(CCC1(CC(N)=O)CCCCN1c1ccccc1)C(C)C. The van der Waals surface area contributed by atoms with Crippen molar-refractivity contribution in [3.05, 3.63) is 30.3 Å². The highest BCUT2D eigenvalue weighted by Gasteiger charge is 2.40. The van der Waals surface area contributed by atoms with Crippen LogP contribution in [0.25, 0.3) is 0 Å². The number of nitrogens with two attached hydrogens (primary N) is 1. The van der Waals surface area contributed by atoms with E-state index in [1.807, 2.05) is 6.07 Å². The van der Waals surface area contributed by atoms with Crippen LogP contribution in [0, 0.1) is 0 Å². The summed E-state index contributed by atoms with van der Waals surface area (Å²) in [5, 5.41) is 0. The van der Waals surface area contributed by atoms with Crippen LogP contribution in [-0.2, 0) is 4.79 Å². The third-order valence-electron chi connectivity index (χ3n) is 5.58. The first-order chi connectivity index (χ1) is 11.9. The van der Waals surface area contributed by atoms with Crippen LogP contribution in [0.2, 0.25) is 0 Å². The number of primary amides is 1. The lowest BCUT2D eigenvalue weighted by Gasteiger charge is -2.49. The van der Waals surface area contributed by atoms with Crippen LogP contribution in [-0.4, -0.2) is 41.5 Å². The van der Waals surface area contributed by atoms with Gasteiger partial charge in [-0.15, -0.1) is 0 Å². The van der Waals surface area contributed by atoms with Gasteiger partial charge >= 0.3 is 0 Å². The molecule has 0 aromatic heterocycles. The summed E-state index contributed by atoms with van der Waals surface area (Å²) in [5.41, 5.74) is 6.75. The number of para-hydroxylation sites is 1. The summed E-state index contributed by atoms with van der Waals surface area (Å²) in [6.07, 6.45) is 4.79. The first kappa shape index (κ1) is 19.8. The molecule has 0 bridgehead atoms. The van der Waals surface area contributed by atoms with Crippen molar-refractivity contribution in [3.63, 3.8) is 0 Å². The molecule has 140 valence electrons. The summed E-state index contributed by atoms with van der Waals surface area (Å²) in [7, 11) is 0. The van der Waals surface area contributed by atoms with Crippen molar-refractivity contribution in [1.29, 1.82) is 0 Å². The molecular formula is C21H35N3O. The maximum atomic E-state index is 11.9. The van der Waals surface area contributed by atoms with Gasteiger partial charge in [-0.3, -0.25) is 9.69 Å². The van der Waals surface area contributed by atoms with Gasteiger partial charge in [0.2, 0.25) is 5.91 Å². The van der Waals surface area contributed by atoms with Crippen LogP contribution in [0.1, 0.15) is 59.8 Å². The Balaban J connectivity index is 2.28. The molecule has 4 nitrogen and oxygen atoms in total. The lowest BCUT2D eigenvalue weighted by atomic mass is 9.79. The Morgan fingerprint density at radius 2 is 1.80 bits per heavy atom. The van der Waals surface area contributed by atoms with E-state index in [2.05, 4.69) is 61.8 Å². The average molecular weight is 346 g/mol. The van der Waals surface area contributed by atoms with E-state index in [1.165, 1.54) is 18.5 Å². The Hall–Kier alpha value is -1.55. The highest BCUT2D eigenvalue weighted by molar-refractivity contribution is 5.76. The molecule has 1 unspecified atom stereocenters. The van der Waals surface area contributed by atoms with Gasteiger partial charge in [0.25, 0.3) is 0 Å². The lowest BCUT2D eigenvalue weighted by molar-refractivity contribution is -0.119. The van der Waals surface area contributed by atoms with Crippen LogP contribution in [0.5, 0.6) is 0 Å². The van der Waals surface area contributed by atoms with Gasteiger partial charge in [-0.05, 0) is 65.5 Å². The van der Waals surface area contributed by atoms with Crippen molar-refractivity contribution in [1.82, 2.24) is 4.90 Å². The third-order valence-corrected chi connectivity index (χ3v) is 5.58. The van der Waals surface area contributed by atoms with E-state index in [9.17, 15) is 4.79 Å². The Bertz CT molecular complexity index is 535. The molecule has 1 saturated heterocycles. The van der Waals surface area contributed by atoms with Crippen molar-refractivity contribution < 1.29 is 4.79 Å². The second-order valence-corrected chi connectivity index (χ2v) is 7.99. The maximum absolute atomic E-state index is 11.9. The molecule has 0 aliphatic carbocycles. The normalized spacial score (nSPS) is 21.3. The van der Waals surface area contributed by atoms with Crippen molar-refractivity contribution >= 4 is 11.6 Å². The van der Waals surface area contributed by atoms with Crippen molar-refractivity contribution in [3.8, 4) is 0 Å². The number of hydrogen-bond donors (Lipinski definition) is 1. The molecule has 1 fully saturated rings. The van der Waals surface area contributed by atoms with E-state index in [4.69, 9.17) is 5.73 Å². The van der Waals surface area contributed by atoms with Gasteiger partial charge in [0.1, 0.15) is 0 Å². The molecule has 4 heteroatoms. The van der Waals surface area contributed by atoms with E-state index in [-0.39, 0.29) is 11.4 Å². The highest BCUT2D eigenvalue weighted by Crippen LogP contribution is 2.38. The number of benzene rings is 1. The minimum Gasteiger partial charge on any atom is -0.370 e. The molecule has 1 atom stereocenters. The Morgan fingerprint density at radius 3 is 2.36 bits per heavy atom. The summed E-state index contributed by atoms with van der Waals surface area (Å²) in [6.45, 7) is 11.0. The summed E-state index contributed by atoms with van der Waals surface area (Å²) in [6, 6.07) is 11.5. The quantitative estimate of drug-likeness (QED) is 0.779. The first-order valence-electron chi connectivity index (χ1n) is 9.72. The molecule has 2 N–H and O–H groups in total. The van der Waals surface area contributed by atoms with Gasteiger partial charge in [0.05, 0.1) is 5.54 Å². The Morgan fingerprint density at radius 1 is 1.16 bits per heavy atom. The Labute approximate surface area is 153 Å². The predicted octanol–water partition coefficient (Wildman–Crippen LogP) is 3.80. The van der Waals surface area contributed by atoms with E-state index in [0.717, 1.165) is 25.9 Å². The zero-order valence-electron chi connectivity index (χ0n) is 16.4. The molecule has 1 amide bonds. The number of rotatable bonds is 8. The number of hydrogen-bond acceptors (Lipinski definition) is 3. The van der Waals surface area contributed by atoms with Gasteiger partial charge in [-0.1, -0.05) is 18.2 Å². The molecule has 1 aromatic carbocycles. The number of nitrogens with zero attached hydrogens (tertiary/aromatic N) is 2. The van der Waals surface area contributed by atoms with Gasteiger partial charge in [0.15, 0.2) is 0 Å². The number of anilines is 1. The zero-order valence-corrected chi connectivity index (χ0v) is 16.4.